The first-order chi connectivity index (χ1) is 13.7. The Kier molecular flexibility index (Phi) is 5.90. The Morgan fingerprint density at radius 2 is 1.93 bits per heavy atom. The largest absolute Gasteiger partial charge is 0.487 e. The molecule has 2 aliphatic rings. The van der Waals surface area contributed by atoms with Crippen LogP contribution in [0.15, 0.2) is 30.3 Å². The second-order valence-electron chi connectivity index (χ2n) is 7.64. The summed E-state index contributed by atoms with van der Waals surface area (Å²) in [6.07, 6.45) is 6.61. The van der Waals surface area contributed by atoms with Gasteiger partial charge >= 0.3 is 0 Å². The standard InChI is InChI=1S/C21H27FN4O2/c22-16-5-4-8-19(13-16)28-15-17-14-20(24-23-17)21(27)26-11-9-25(10-12-26)18-6-2-1-3-7-18/h4-5,8,13-14,18H,1-3,6-7,9-12,15H2,(H,23,24). The monoisotopic (exact) mass is 386 g/mol. The van der Waals surface area contributed by atoms with E-state index in [0.717, 1.165) is 26.2 Å². The lowest BCUT2D eigenvalue weighted by atomic mass is 9.94. The lowest BCUT2D eigenvalue weighted by molar-refractivity contribution is 0.0518. The minimum Gasteiger partial charge on any atom is -0.487 e. The zero-order valence-electron chi connectivity index (χ0n) is 16.1. The van der Waals surface area contributed by atoms with E-state index >= 15 is 0 Å². The average Bonchev–Trinajstić information content (AvgIpc) is 3.22. The van der Waals surface area contributed by atoms with Gasteiger partial charge in [0.2, 0.25) is 0 Å². The van der Waals surface area contributed by atoms with Crippen LogP contribution in [0.1, 0.15) is 48.3 Å². The molecule has 1 saturated carbocycles. The molecule has 1 aliphatic carbocycles. The number of aromatic amines is 1. The highest BCUT2D eigenvalue weighted by molar-refractivity contribution is 5.92. The molecule has 0 spiro atoms. The number of piperazine rings is 1. The number of nitrogens with one attached hydrogen (secondary N) is 1. The van der Waals surface area contributed by atoms with E-state index in [-0.39, 0.29) is 18.3 Å². The van der Waals surface area contributed by atoms with Crippen molar-refractivity contribution in [2.24, 2.45) is 0 Å². The number of aromatic nitrogens is 2. The molecule has 1 aliphatic heterocycles. The summed E-state index contributed by atoms with van der Waals surface area (Å²) in [7, 11) is 0. The lowest BCUT2D eigenvalue weighted by Crippen LogP contribution is -2.52. The summed E-state index contributed by atoms with van der Waals surface area (Å²) in [5.74, 6) is 0.0585. The topological polar surface area (TPSA) is 61.5 Å². The number of carbonyl (C=O) groups is 1. The SMILES string of the molecule is O=C(c1cc(COc2cccc(F)c2)[nH]n1)N1CCN(C2CCCCC2)CC1. The molecule has 4 rings (SSSR count). The predicted octanol–water partition coefficient (Wildman–Crippen LogP) is 3.22. The van der Waals surface area contributed by atoms with Gasteiger partial charge in [-0.1, -0.05) is 25.3 Å². The fourth-order valence-corrected chi connectivity index (χ4v) is 4.16. The molecule has 7 heteroatoms. The zero-order chi connectivity index (χ0) is 19.3. The number of benzene rings is 1. The zero-order valence-corrected chi connectivity index (χ0v) is 16.1. The molecular formula is C21H27FN4O2. The molecule has 1 aromatic carbocycles. The van der Waals surface area contributed by atoms with Gasteiger partial charge in [0.15, 0.2) is 5.69 Å². The summed E-state index contributed by atoms with van der Waals surface area (Å²) in [5, 5.41) is 6.99. The molecule has 1 saturated heterocycles. The Balaban J connectivity index is 1.28. The Hall–Kier alpha value is -2.41. The van der Waals surface area contributed by atoms with E-state index in [4.69, 9.17) is 4.74 Å². The smallest absolute Gasteiger partial charge is 0.274 e. The maximum Gasteiger partial charge on any atom is 0.274 e. The van der Waals surface area contributed by atoms with Gasteiger partial charge in [-0.3, -0.25) is 14.8 Å². The van der Waals surface area contributed by atoms with Gasteiger partial charge in [0.05, 0.1) is 5.69 Å². The summed E-state index contributed by atoms with van der Waals surface area (Å²) in [5.41, 5.74) is 1.09. The number of carbonyl (C=O) groups excluding carboxylic acids is 1. The van der Waals surface area contributed by atoms with Crippen LogP contribution >= 0.6 is 0 Å². The molecule has 2 fully saturated rings. The van der Waals surface area contributed by atoms with E-state index in [1.807, 2.05) is 4.90 Å². The van der Waals surface area contributed by atoms with Gasteiger partial charge in [0, 0.05) is 38.3 Å². The molecule has 1 N–H and O–H groups in total. The second-order valence-corrected chi connectivity index (χ2v) is 7.64. The summed E-state index contributed by atoms with van der Waals surface area (Å²) in [6.45, 7) is 3.58. The molecule has 1 amide bonds. The van der Waals surface area contributed by atoms with Gasteiger partial charge in [0.1, 0.15) is 18.2 Å². The number of halogens is 1. The Morgan fingerprint density at radius 3 is 2.68 bits per heavy atom. The Morgan fingerprint density at radius 1 is 1.14 bits per heavy atom. The maximum absolute atomic E-state index is 13.2. The number of hydrogen-bond acceptors (Lipinski definition) is 4. The number of nitrogens with zero attached hydrogens (tertiary/aromatic N) is 3. The average molecular weight is 386 g/mol. The Bertz CT molecular complexity index is 795. The van der Waals surface area contributed by atoms with Crippen molar-refractivity contribution in [3.63, 3.8) is 0 Å². The number of hydrogen-bond donors (Lipinski definition) is 1. The van der Waals surface area contributed by atoms with Crippen LogP contribution < -0.4 is 4.74 Å². The molecule has 0 unspecified atom stereocenters. The van der Waals surface area contributed by atoms with Gasteiger partial charge in [-0.05, 0) is 31.0 Å². The third-order valence-corrected chi connectivity index (χ3v) is 5.73. The van der Waals surface area contributed by atoms with Crippen LogP contribution in [0.4, 0.5) is 4.39 Å². The first kappa shape index (κ1) is 18.9. The first-order valence-electron chi connectivity index (χ1n) is 10.1. The van der Waals surface area contributed by atoms with Crippen LogP contribution in [-0.4, -0.2) is 58.1 Å². The van der Waals surface area contributed by atoms with Crippen molar-refractivity contribution in [3.05, 3.63) is 47.5 Å². The third-order valence-electron chi connectivity index (χ3n) is 5.73. The fourth-order valence-electron chi connectivity index (χ4n) is 4.16. The second kappa shape index (κ2) is 8.73. The van der Waals surface area contributed by atoms with Gasteiger partial charge in [-0.25, -0.2) is 4.39 Å². The predicted molar refractivity (Wildman–Crippen MR) is 104 cm³/mol. The first-order valence-corrected chi connectivity index (χ1v) is 10.1. The Labute approximate surface area is 164 Å². The summed E-state index contributed by atoms with van der Waals surface area (Å²) in [6, 6.07) is 8.40. The number of rotatable bonds is 5. The van der Waals surface area contributed by atoms with Crippen LogP contribution in [0.5, 0.6) is 5.75 Å². The van der Waals surface area contributed by atoms with Crippen molar-refractivity contribution >= 4 is 5.91 Å². The maximum atomic E-state index is 13.2. The molecule has 0 atom stereocenters. The molecule has 150 valence electrons. The van der Waals surface area contributed by atoms with Crippen LogP contribution in [0.25, 0.3) is 0 Å². The van der Waals surface area contributed by atoms with Crippen molar-refractivity contribution in [1.29, 1.82) is 0 Å². The van der Waals surface area contributed by atoms with Crippen molar-refractivity contribution in [1.82, 2.24) is 20.0 Å². The van der Waals surface area contributed by atoms with E-state index < -0.39 is 0 Å². The van der Waals surface area contributed by atoms with Gasteiger partial charge in [-0.2, -0.15) is 5.10 Å². The van der Waals surface area contributed by atoms with E-state index in [2.05, 4.69) is 15.1 Å². The van der Waals surface area contributed by atoms with Gasteiger partial charge in [0.25, 0.3) is 5.91 Å². The van der Waals surface area contributed by atoms with E-state index in [9.17, 15) is 9.18 Å². The molecule has 2 aromatic rings. The van der Waals surface area contributed by atoms with E-state index in [1.54, 1.807) is 18.2 Å². The number of ether oxygens (including phenoxy) is 1. The highest BCUT2D eigenvalue weighted by Gasteiger charge is 2.28. The molecule has 1 aromatic heterocycles. The van der Waals surface area contributed by atoms with Crippen LogP contribution in [0.3, 0.4) is 0 Å². The molecule has 6 nitrogen and oxygen atoms in total. The van der Waals surface area contributed by atoms with E-state index in [1.165, 1.54) is 44.2 Å². The highest BCUT2D eigenvalue weighted by atomic mass is 19.1. The molecule has 0 bridgehead atoms. The van der Waals surface area contributed by atoms with Crippen molar-refractivity contribution < 1.29 is 13.9 Å². The van der Waals surface area contributed by atoms with Crippen molar-refractivity contribution in [2.75, 3.05) is 26.2 Å². The minimum atomic E-state index is -0.342. The number of amides is 1. The van der Waals surface area contributed by atoms with Crippen LogP contribution in [0.2, 0.25) is 0 Å². The molecule has 0 radical (unpaired) electrons. The lowest BCUT2D eigenvalue weighted by Gasteiger charge is -2.40. The third kappa shape index (κ3) is 4.52. The summed E-state index contributed by atoms with van der Waals surface area (Å²) < 4.78 is 18.8. The molecular weight excluding hydrogens is 359 g/mol. The number of H-pyrrole nitrogens is 1. The fraction of sp³-hybridized carbons (Fsp3) is 0.524. The molecule has 2 heterocycles. The summed E-state index contributed by atoms with van der Waals surface area (Å²) >= 11 is 0. The molecule has 28 heavy (non-hydrogen) atoms. The quantitative estimate of drug-likeness (QED) is 0.857. The minimum absolute atomic E-state index is 0.0449. The van der Waals surface area contributed by atoms with Crippen LogP contribution in [-0.2, 0) is 6.61 Å². The van der Waals surface area contributed by atoms with E-state index in [0.29, 0.717) is 23.2 Å². The van der Waals surface area contributed by atoms with Crippen molar-refractivity contribution in [3.8, 4) is 5.75 Å². The van der Waals surface area contributed by atoms with Crippen LogP contribution in [0, 0.1) is 5.82 Å². The van der Waals surface area contributed by atoms with Gasteiger partial charge in [-0.15, -0.1) is 0 Å². The highest BCUT2D eigenvalue weighted by Crippen LogP contribution is 2.23. The van der Waals surface area contributed by atoms with Crippen molar-refractivity contribution in [2.45, 2.75) is 44.8 Å². The summed E-state index contributed by atoms with van der Waals surface area (Å²) in [4.78, 5) is 17.2. The van der Waals surface area contributed by atoms with Gasteiger partial charge < -0.3 is 9.64 Å². The normalized spacial score (nSPS) is 19.0.